The lowest BCUT2D eigenvalue weighted by Crippen LogP contribution is -2.53. The molecule has 0 spiro atoms. The Labute approximate surface area is 227 Å². The number of nitrogens with one attached hydrogen (secondary N) is 1. The van der Waals surface area contributed by atoms with E-state index in [-0.39, 0.29) is 29.8 Å². The molecule has 2 aromatic heterocycles. The van der Waals surface area contributed by atoms with Gasteiger partial charge in [0.2, 0.25) is 5.91 Å². The van der Waals surface area contributed by atoms with Crippen LogP contribution in [-0.4, -0.2) is 67.1 Å². The molecule has 0 unspecified atom stereocenters. The van der Waals surface area contributed by atoms with E-state index in [9.17, 15) is 14.7 Å². The summed E-state index contributed by atoms with van der Waals surface area (Å²) in [4.78, 5) is 38.4. The molecule has 2 N–H and O–H groups in total. The van der Waals surface area contributed by atoms with Gasteiger partial charge < -0.3 is 15.0 Å². The van der Waals surface area contributed by atoms with Crippen molar-refractivity contribution in [2.24, 2.45) is 5.92 Å². The highest BCUT2D eigenvalue weighted by Crippen LogP contribution is 2.36. The van der Waals surface area contributed by atoms with Crippen LogP contribution < -0.4 is 5.56 Å². The van der Waals surface area contributed by atoms with Gasteiger partial charge in [0.25, 0.3) is 5.56 Å². The topological polar surface area (TPSA) is 94.5 Å². The summed E-state index contributed by atoms with van der Waals surface area (Å²) in [5.41, 5.74) is 1.82. The van der Waals surface area contributed by atoms with Crippen LogP contribution in [0.1, 0.15) is 36.3 Å². The molecular weight excluding hydrogens is 490 g/mol. The van der Waals surface area contributed by atoms with E-state index < -0.39 is 5.60 Å². The van der Waals surface area contributed by atoms with Crippen molar-refractivity contribution in [3.8, 4) is 0 Å². The van der Waals surface area contributed by atoms with Crippen LogP contribution in [0, 0.1) is 5.92 Å². The lowest BCUT2D eigenvalue weighted by molar-refractivity contribution is -0.142. The average molecular weight is 526 g/mol. The van der Waals surface area contributed by atoms with Gasteiger partial charge in [-0.05, 0) is 43.0 Å². The normalized spacial score (nSPS) is 21.7. The maximum absolute atomic E-state index is 13.9. The van der Waals surface area contributed by atoms with Crippen molar-refractivity contribution in [2.75, 3.05) is 26.2 Å². The molecule has 0 radical (unpaired) electrons. The van der Waals surface area contributed by atoms with Gasteiger partial charge in [0.05, 0.1) is 23.9 Å². The maximum Gasteiger partial charge on any atom is 0.262 e. The molecule has 2 aliphatic rings. The van der Waals surface area contributed by atoms with Gasteiger partial charge in [-0.3, -0.25) is 19.1 Å². The first-order valence-electron chi connectivity index (χ1n) is 13.8. The zero-order valence-electron chi connectivity index (χ0n) is 22.1. The molecule has 2 atom stereocenters. The molecule has 6 rings (SSSR count). The molecule has 202 valence electrons. The van der Waals surface area contributed by atoms with E-state index >= 15 is 0 Å². The third-order valence-corrected chi connectivity index (χ3v) is 8.50. The molecule has 0 bridgehead atoms. The van der Waals surface area contributed by atoms with Gasteiger partial charge in [-0.1, -0.05) is 60.7 Å². The fourth-order valence-corrected chi connectivity index (χ4v) is 6.28. The Kier molecular flexibility index (Phi) is 7.06. The number of aromatic amines is 1. The standard InChI is InChI=1S/C31H35N5O3/c37-29(35-17-13-31(39,14-18-35)21-36-22-33-28-26(30(36)38)11-15-32-28)25-12-16-34(19-23-7-3-1-4-8-23)20-27(25)24-9-5-2-6-10-24/h1-11,15,22,25,27,32,39H,12-14,16-21H2/t25-,27+/m0/s1. The van der Waals surface area contributed by atoms with Crippen molar-refractivity contribution in [1.29, 1.82) is 0 Å². The number of nitrogens with zero attached hydrogens (tertiary/aromatic N) is 4. The van der Waals surface area contributed by atoms with Crippen molar-refractivity contribution in [3.63, 3.8) is 0 Å². The monoisotopic (exact) mass is 525 g/mol. The largest absolute Gasteiger partial charge is 0.388 e. The van der Waals surface area contributed by atoms with E-state index in [1.807, 2.05) is 17.0 Å². The minimum Gasteiger partial charge on any atom is -0.388 e. The number of amides is 1. The van der Waals surface area contributed by atoms with Crippen LogP contribution in [-0.2, 0) is 17.9 Å². The summed E-state index contributed by atoms with van der Waals surface area (Å²) in [5.74, 6) is 0.209. The van der Waals surface area contributed by atoms with E-state index in [0.717, 1.165) is 26.1 Å². The number of aromatic nitrogens is 3. The molecule has 4 aromatic rings. The first-order chi connectivity index (χ1) is 19.0. The number of hydrogen-bond acceptors (Lipinski definition) is 5. The minimum atomic E-state index is -1.05. The van der Waals surface area contributed by atoms with Crippen LogP contribution in [0.15, 0.2) is 84.0 Å². The van der Waals surface area contributed by atoms with Gasteiger partial charge in [0, 0.05) is 44.2 Å². The van der Waals surface area contributed by atoms with E-state index in [4.69, 9.17) is 0 Å². The van der Waals surface area contributed by atoms with Crippen LogP contribution in [0.4, 0.5) is 0 Å². The number of hydrogen-bond donors (Lipinski definition) is 2. The second-order valence-corrected chi connectivity index (χ2v) is 11.1. The van der Waals surface area contributed by atoms with Crippen molar-refractivity contribution >= 4 is 16.9 Å². The average Bonchev–Trinajstić information content (AvgIpc) is 3.46. The Morgan fingerprint density at radius 3 is 2.46 bits per heavy atom. The predicted octanol–water partition coefficient (Wildman–Crippen LogP) is 3.38. The molecule has 2 saturated heterocycles. The number of carbonyl (C=O) groups excluding carboxylic acids is 1. The lowest BCUT2D eigenvalue weighted by Gasteiger charge is -2.43. The Morgan fingerprint density at radius 1 is 1.00 bits per heavy atom. The predicted molar refractivity (Wildman–Crippen MR) is 150 cm³/mol. The van der Waals surface area contributed by atoms with Crippen molar-refractivity contribution in [1.82, 2.24) is 24.3 Å². The van der Waals surface area contributed by atoms with E-state index in [1.165, 1.54) is 22.0 Å². The van der Waals surface area contributed by atoms with Gasteiger partial charge >= 0.3 is 0 Å². The van der Waals surface area contributed by atoms with E-state index in [0.29, 0.717) is 37.0 Å². The summed E-state index contributed by atoms with van der Waals surface area (Å²) in [5, 5.41) is 11.9. The lowest BCUT2D eigenvalue weighted by atomic mass is 9.79. The summed E-state index contributed by atoms with van der Waals surface area (Å²) < 4.78 is 1.49. The highest BCUT2D eigenvalue weighted by atomic mass is 16.3. The number of aliphatic hydroxyl groups is 1. The first kappa shape index (κ1) is 25.5. The highest BCUT2D eigenvalue weighted by Gasteiger charge is 2.40. The van der Waals surface area contributed by atoms with Gasteiger partial charge in [-0.2, -0.15) is 0 Å². The Hall–Kier alpha value is -3.75. The Bertz CT molecular complexity index is 1470. The summed E-state index contributed by atoms with van der Waals surface area (Å²) in [6.45, 7) is 3.73. The molecular formula is C31H35N5O3. The van der Waals surface area contributed by atoms with Crippen molar-refractivity contribution in [3.05, 3.63) is 101 Å². The van der Waals surface area contributed by atoms with Crippen molar-refractivity contribution < 1.29 is 9.90 Å². The molecule has 8 nitrogen and oxygen atoms in total. The molecule has 2 fully saturated rings. The Balaban J connectivity index is 1.13. The summed E-state index contributed by atoms with van der Waals surface area (Å²) in [6.07, 6.45) is 4.85. The molecule has 2 aliphatic heterocycles. The van der Waals surface area contributed by atoms with Crippen LogP contribution in [0.25, 0.3) is 11.0 Å². The molecule has 0 aliphatic carbocycles. The quantitative estimate of drug-likeness (QED) is 0.403. The van der Waals surface area contributed by atoms with E-state index in [2.05, 4.69) is 63.4 Å². The summed E-state index contributed by atoms with van der Waals surface area (Å²) in [6, 6.07) is 22.6. The van der Waals surface area contributed by atoms with Gasteiger partial charge in [-0.15, -0.1) is 0 Å². The summed E-state index contributed by atoms with van der Waals surface area (Å²) in [7, 11) is 0. The van der Waals surface area contributed by atoms with Crippen LogP contribution in [0.3, 0.4) is 0 Å². The summed E-state index contributed by atoms with van der Waals surface area (Å²) >= 11 is 0. The van der Waals surface area contributed by atoms with Gasteiger partial charge in [0.15, 0.2) is 0 Å². The SMILES string of the molecule is O=C([C@H]1CCN(Cc2ccccc2)C[C@@H]1c1ccccc1)N1CCC(O)(Cn2cnc3[nH]ccc3c2=O)CC1. The highest BCUT2D eigenvalue weighted by molar-refractivity contribution is 5.80. The number of benzene rings is 2. The third-order valence-electron chi connectivity index (χ3n) is 8.50. The van der Waals surface area contributed by atoms with Crippen molar-refractivity contribution in [2.45, 2.75) is 43.9 Å². The molecule has 0 saturated carbocycles. The number of piperidine rings is 2. The van der Waals surface area contributed by atoms with Crippen LogP contribution >= 0.6 is 0 Å². The third kappa shape index (κ3) is 5.40. The molecule has 4 heterocycles. The number of rotatable bonds is 6. The number of carbonyl (C=O) groups is 1. The number of fused-ring (bicyclic) bond motifs is 1. The van der Waals surface area contributed by atoms with Crippen LogP contribution in [0.2, 0.25) is 0 Å². The van der Waals surface area contributed by atoms with Crippen LogP contribution in [0.5, 0.6) is 0 Å². The smallest absolute Gasteiger partial charge is 0.262 e. The molecule has 8 heteroatoms. The Morgan fingerprint density at radius 2 is 1.72 bits per heavy atom. The second-order valence-electron chi connectivity index (χ2n) is 11.1. The van der Waals surface area contributed by atoms with Gasteiger partial charge in [-0.25, -0.2) is 4.98 Å². The molecule has 1 amide bonds. The molecule has 2 aromatic carbocycles. The zero-order chi connectivity index (χ0) is 26.8. The fraction of sp³-hybridized carbons (Fsp3) is 0.387. The number of likely N-dealkylation sites (tertiary alicyclic amines) is 2. The zero-order valence-corrected chi connectivity index (χ0v) is 22.1. The fourth-order valence-electron chi connectivity index (χ4n) is 6.28. The van der Waals surface area contributed by atoms with Gasteiger partial charge in [0.1, 0.15) is 5.65 Å². The maximum atomic E-state index is 13.9. The molecule has 39 heavy (non-hydrogen) atoms. The number of H-pyrrole nitrogens is 1. The second kappa shape index (κ2) is 10.8. The first-order valence-corrected chi connectivity index (χ1v) is 13.8. The van der Waals surface area contributed by atoms with E-state index in [1.54, 1.807) is 12.3 Å². The minimum absolute atomic E-state index is 0.0894.